The Labute approximate surface area is 143 Å². The lowest BCUT2D eigenvalue weighted by Gasteiger charge is -2.34. The van der Waals surface area contributed by atoms with Gasteiger partial charge < -0.3 is 14.2 Å². The van der Waals surface area contributed by atoms with Crippen molar-refractivity contribution in [2.45, 2.75) is 38.8 Å². The second-order valence-electron chi connectivity index (χ2n) is 6.38. The molecule has 25 heavy (non-hydrogen) atoms. The number of nitrogens with zero attached hydrogens (tertiary/aromatic N) is 2. The van der Waals surface area contributed by atoms with Gasteiger partial charge in [-0.2, -0.15) is 5.10 Å². The summed E-state index contributed by atoms with van der Waals surface area (Å²) < 4.78 is 53.6. The SMILES string of the molecule is Cc1cc(C2COC(C)(C)OC2)nn1-c1ccc(OC(F)(F)F)cc1. The van der Waals surface area contributed by atoms with Crippen molar-refractivity contribution in [3.05, 3.63) is 41.7 Å². The number of hydrogen-bond donors (Lipinski definition) is 0. The molecule has 0 amide bonds. The van der Waals surface area contributed by atoms with Crippen molar-refractivity contribution in [3.8, 4) is 11.4 Å². The van der Waals surface area contributed by atoms with E-state index in [-0.39, 0.29) is 11.7 Å². The average molecular weight is 356 g/mol. The summed E-state index contributed by atoms with van der Waals surface area (Å²) >= 11 is 0. The van der Waals surface area contributed by atoms with Crippen LogP contribution in [0.4, 0.5) is 13.2 Å². The molecule has 0 N–H and O–H groups in total. The standard InChI is InChI=1S/C17H19F3N2O3/c1-11-8-15(12-9-23-16(2,3)24-10-12)21-22(11)13-4-6-14(7-5-13)25-17(18,19)20/h4-8,12H,9-10H2,1-3H3. The van der Waals surface area contributed by atoms with Gasteiger partial charge in [0, 0.05) is 5.69 Å². The summed E-state index contributed by atoms with van der Waals surface area (Å²) in [5.74, 6) is -0.846. The highest BCUT2D eigenvalue weighted by molar-refractivity contribution is 5.38. The maximum atomic E-state index is 12.2. The van der Waals surface area contributed by atoms with Crippen LogP contribution in [-0.4, -0.2) is 35.1 Å². The second-order valence-corrected chi connectivity index (χ2v) is 6.38. The predicted molar refractivity (Wildman–Crippen MR) is 83.7 cm³/mol. The Balaban J connectivity index is 1.76. The molecule has 1 aliphatic heterocycles. The van der Waals surface area contributed by atoms with Gasteiger partial charge in [-0.1, -0.05) is 0 Å². The molecule has 0 bridgehead atoms. The van der Waals surface area contributed by atoms with Gasteiger partial charge in [-0.25, -0.2) is 4.68 Å². The number of ether oxygens (including phenoxy) is 3. The molecule has 1 aromatic carbocycles. The maximum absolute atomic E-state index is 12.2. The second kappa shape index (κ2) is 6.34. The first kappa shape index (κ1) is 17.8. The smallest absolute Gasteiger partial charge is 0.406 e. The minimum Gasteiger partial charge on any atom is -0.406 e. The number of benzene rings is 1. The van der Waals surface area contributed by atoms with Crippen LogP contribution in [0.2, 0.25) is 0 Å². The molecule has 1 saturated heterocycles. The van der Waals surface area contributed by atoms with Gasteiger partial charge in [0.2, 0.25) is 0 Å². The molecule has 0 atom stereocenters. The molecule has 0 saturated carbocycles. The Bertz CT molecular complexity index is 729. The third kappa shape index (κ3) is 4.32. The lowest BCUT2D eigenvalue weighted by molar-refractivity contribution is -0.274. The van der Waals surface area contributed by atoms with Crippen LogP contribution in [0.15, 0.2) is 30.3 Å². The van der Waals surface area contributed by atoms with Crippen molar-refractivity contribution in [1.29, 1.82) is 0 Å². The summed E-state index contributed by atoms with van der Waals surface area (Å²) in [6, 6.07) is 7.51. The average Bonchev–Trinajstić information content (AvgIpc) is 2.88. The van der Waals surface area contributed by atoms with Crippen molar-refractivity contribution in [1.82, 2.24) is 9.78 Å². The molecule has 2 aromatic rings. The number of aryl methyl sites for hydroxylation is 1. The number of aromatic nitrogens is 2. The number of rotatable bonds is 3. The highest BCUT2D eigenvalue weighted by Crippen LogP contribution is 2.28. The van der Waals surface area contributed by atoms with Gasteiger partial charge in [0.25, 0.3) is 0 Å². The van der Waals surface area contributed by atoms with Crippen LogP contribution >= 0.6 is 0 Å². The normalized spacial score (nSPS) is 18.3. The first-order valence-corrected chi connectivity index (χ1v) is 7.84. The van der Waals surface area contributed by atoms with Crippen LogP contribution in [0, 0.1) is 6.92 Å². The van der Waals surface area contributed by atoms with Gasteiger partial charge in [0.05, 0.1) is 30.5 Å². The molecule has 0 aliphatic carbocycles. The topological polar surface area (TPSA) is 45.5 Å². The van der Waals surface area contributed by atoms with Crippen LogP contribution in [0.3, 0.4) is 0 Å². The third-order valence-corrected chi connectivity index (χ3v) is 3.90. The summed E-state index contributed by atoms with van der Waals surface area (Å²) in [4.78, 5) is 0. The van der Waals surface area contributed by atoms with Gasteiger partial charge in [-0.05, 0) is 51.1 Å². The summed E-state index contributed by atoms with van der Waals surface area (Å²) in [6.07, 6.45) is -4.70. The van der Waals surface area contributed by atoms with Gasteiger partial charge in [0.1, 0.15) is 5.75 Å². The third-order valence-electron chi connectivity index (χ3n) is 3.90. The molecule has 2 heterocycles. The van der Waals surface area contributed by atoms with Crippen molar-refractivity contribution in [2.75, 3.05) is 13.2 Å². The van der Waals surface area contributed by atoms with Crippen molar-refractivity contribution in [3.63, 3.8) is 0 Å². The molecule has 3 rings (SSSR count). The Morgan fingerprint density at radius 1 is 1.16 bits per heavy atom. The molecule has 1 aromatic heterocycles. The summed E-state index contributed by atoms with van der Waals surface area (Å²) in [5, 5.41) is 4.55. The Hall–Kier alpha value is -2.06. The Morgan fingerprint density at radius 2 is 1.76 bits per heavy atom. The lowest BCUT2D eigenvalue weighted by atomic mass is 10.1. The van der Waals surface area contributed by atoms with E-state index in [4.69, 9.17) is 9.47 Å². The predicted octanol–water partition coefficient (Wildman–Crippen LogP) is 3.95. The molecular weight excluding hydrogens is 337 g/mol. The minimum absolute atomic E-state index is 0.0146. The van der Waals surface area contributed by atoms with Crippen LogP contribution in [0.5, 0.6) is 5.75 Å². The maximum Gasteiger partial charge on any atom is 0.573 e. The highest BCUT2D eigenvalue weighted by atomic mass is 19.4. The fourth-order valence-corrected chi connectivity index (χ4v) is 2.61. The Kier molecular flexibility index (Phi) is 4.51. The highest BCUT2D eigenvalue weighted by Gasteiger charge is 2.32. The molecule has 136 valence electrons. The summed E-state index contributed by atoms with van der Waals surface area (Å²) in [5.41, 5.74) is 2.34. The summed E-state index contributed by atoms with van der Waals surface area (Å²) in [7, 11) is 0. The van der Waals surface area contributed by atoms with E-state index < -0.39 is 12.1 Å². The van der Waals surface area contributed by atoms with Crippen molar-refractivity contribution in [2.24, 2.45) is 0 Å². The number of hydrogen-bond acceptors (Lipinski definition) is 4. The Morgan fingerprint density at radius 3 is 2.32 bits per heavy atom. The van der Waals surface area contributed by atoms with Crippen LogP contribution in [-0.2, 0) is 9.47 Å². The van der Waals surface area contributed by atoms with E-state index in [9.17, 15) is 13.2 Å². The van der Waals surface area contributed by atoms with Gasteiger partial charge in [0.15, 0.2) is 5.79 Å². The number of halogens is 3. The molecule has 5 nitrogen and oxygen atoms in total. The molecule has 1 fully saturated rings. The van der Waals surface area contributed by atoms with Gasteiger partial charge in [-0.15, -0.1) is 13.2 Å². The summed E-state index contributed by atoms with van der Waals surface area (Å²) in [6.45, 7) is 6.60. The van der Waals surface area contributed by atoms with E-state index in [1.54, 1.807) is 4.68 Å². The molecule has 0 radical (unpaired) electrons. The monoisotopic (exact) mass is 356 g/mol. The van der Waals surface area contributed by atoms with Crippen LogP contribution in [0.25, 0.3) is 5.69 Å². The molecular formula is C17H19F3N2O3. The van der Waals surface area contributed by atoms with Gasteiger partial charge >= 0.3 is 6.36 Å². The van der Waals surface area contributed by atoms with Gasteiger partial charge in [-0.3, -0.25) is 0 Å². The molecule has 0 spiro atoms. The van der Waals surface area contributed by atoms with E-state index >= 15 is 0 Å². The molecule has 0 unspecified atom stereocenters. The quantitative estimate of drug-likeness (QED) is 0.836. The molecule has 8 heteroatoms. The van der Waals surface area contributed by atoms with Crippen LogP contribution in [0.1, 0.15) is 31.2 Å². The van der Waals surface area contributed by atoms with E-state index in [1.165, 1.54) is 24.3 Å². The first-order valence-electron chi connectivity index (χ1n) is 7.84. The van der Waals surface area contributed by atoms with E-state index in [1.807, 2.05) is 26.8 Å². The fraction of sp³-hybridized carbons (Fsp3) is 0.471. The van der Waals surface area contributed by atoms with Crippen molar-refractivity contribution < 1.29 is 27.4 Å². The fourth-order valence-electron chi connectivity index (χ4n) is 2.61. The zero-order valence-electron chi connectivity index (χ0n) is 14.1. The van der Waals surface area contributed by atoms with Crippen molar-refractivity contribution >= 4 is 0 Å². The zero-order chi connectivity index (χ0) is 18.2. The minimum atomic E-state index is -4.70. The first-order chi connectivity index (χ1) is 11.6. The van der Waals surface area contributed by atoms with Crippen LogP contribution < -0.4 is 4.74 Å². The largest absolute Gasteiger partial charge is 0.573 e. The van der Waals surface area contributed by atoms with E-state index in [2.05, 4.69) is 9.84 Å². The lowest BCUT2D eigenvalue weighted by Crippen LogP contribution is -2.38. The van der Waals surface area contributed by atoms with E-state index in [0.29, 0.717) is 18.9 Å². The molecule has 1 aliphatic rings. The number of alkyl halides is 3. The zero-order valence-corrected chi connectivity index (χ0v) is 14.1. The van der Waals surface area contributed by atoms with E-state index in [0.717, 1.165) is 11.4 Å².